The van der Waals surface area contributed by atoms with Gasteiger partial charge in [0.25, 0.3) is 5.91 Å². The molecule has 0 aliphatic heterocycles. The highest BCUT2D eigenvalue weighted by Crippen LogP contribution is 2.25. The minimum atomic E-state index is -0.172. The van der Waals surface area contributed by atoms with E-state index in [1.807, 2.05) is 68.6 Å². The lowest BCUT2D eigenvalue weighted by Gasteiger charge is -2.09. The molecule has 0 unspecified atom stereocenters. The fourth-order valence-corrected chi connectivity index (χ4v) is 3.31. The van der Waals surface area contributed by atoms with Gasteiger partial charge in [0.1, 0.15) is 0 Å². The van der Waals surface area contributed by atoms with Gasteiger partial charge < -0.3 is 5.32 Å². The Balaban J connectivity index is 1.70. The van der Waals surface area contributed by atoms with Crippen LogP contribution in [-0.2, 0) is 13.6 Å². The van der Waals surface area contributed by atoms with Gasteiger partial charge in [0, 0.05) is 24.2 Å². The van der Waals surface area contributed by atoms with Crippen molar-refractivity contribution in [2.45, 2.75) is 13.5 Å². The first-order valence-corrected chi connectivity index (χ1v) is 9.31. The summed E-state index contributed by atoms with van der Waals surface area (Å²) in [6.07, 6.45) is 1.68. The third-order valence-corrected chi connectivity index (χ3v) is 4.87. The van der Waals surface area contributed by atoms with E-state index in [9.17, 15) is 4.79 Å². The highest BCUT2D eigenvalue weighted by molar-refractivity contribution is 6.30. The van der Waals surface area contributed by atoms with E-state index in [1.165, 1.54) is 5.56 Å². The molecule has 2 aromatic heterocycles. The zero-order valence-electron chi connectivity index (χ0n) is 15.6. The number of fused-ring (bicyclic) bond motifs is 1. The summed E-state index contributed by atoms with van der Waals surface area (Å²) in [5.74, 6) is -0.172. The summed E-state index contributed by atoms with van der Waals surface area (Å²) in [7, 11) is 1.82. The molecular weight excluding hydrogens is 372 g/mol. The summed E-state index contributed by atoms with van der Waals surface area (Å²) in [4.78, 5) is 17.7. The largest absolute Gasteiger partial charge is 0.348 e. The molecule has 5 nitrogen and oxygen atoms in total. The van der Waals surface area contributed by atoms with Crippen molar-refractivity contribution >= 4 is 28.5 Å². The molecule has 0 bridgehead atoms. The Morgan fingerprint density at radius 3 is 2.68 bits per heavy atom. The molecule has 140 valence electrons. The average molecular weight is 391 g/mol. The second-order valence-electron chi connectivity index (χ2n) is 6.74. The predicted octanol–water partition coefficient (Wildman–Crippen LogP) is 4.53. The SMILES string of the molecule is Cc1ccc(-c2cc(C(=O)NCc3cccc(Cl)c3)c3cnn(C)c3n2)cc1. The zero-order valence-corrected chi connectivity index (χ0v) is 16.4. The van der Waals surface area contributed by atoms with Gasteiger partial charge in [0.05, 0.1) is 22.8 Å². The van der Waals surface area contributed by atoms with Gasteiger partial charge in [0.15, 0.2) is 5.65 Å². The maximum absolute atomic E-state index is 13.0. The molecule has 28 heavy (non-hydrogen) atoms. The van der Waals surface area contributed by atoms with Crippen LogP contribution in [0, 0.1) is 6.92 Å². The molecule has 2 heterocycles. The molecule has 0 saturated carbocycles. The normalized spacial score (nSPS) is 11.0. The van der Waals surface area contributed by atoms with Crippen molar-refractivity contribution < 1.29 is 4.79 Å². The van der Waals surface area contributed by atoms with Crippen LogP contribution < -0.4 is 5.32 Å². The van der Waals surface area contributed by atoms with Crippen LogP contribution in [-0.4, -0.2) is 20.7 Å². The Bertz CT molecular complexity index is 1170. The number of aryl methyl sites for hydroxylation is 2. The third-order valence-electron chi connectivity index (χ3n) is 4.64. The first-order chi connectivity index (χ1) is 13.5. The van der Waals surface area contributed by atoms with Crippen LogP contribution in [0.15, 0.2) is 60.8 Å². The molecule has 4 rings (SSSR count). The summed E-state index contributed by atoms with van der Waals surface area (Å²) >= 11 is 6.03. The van der Waals surface area contributed by atoms with E-state index in [-0.39, 0.29) is 5.91 Å². The molecule has 1 N–H and O–H groups in total. The van der Waals surface area contributed by atoms with E-state index in [2.05, 4.69) is 10.4 Å². The van der Waals surface area contributed by atoms with Crippen molar-refractivity contribution in [1.29, 1.82) is 0 Å². The molecule has 0 aliphatic carbocycles. The topological polar surface area (TPSA) is 59.8 Å². The average Bonchev–Trinajstić information content (AvgIpc) is 3.07. The number of hydrogen-bond acceptors (Lipinski definition) is 3. The van der Waals surface area contributed by atoms with Crippen molar-refractivity contribution in [2.24, 2.45) is 7.05 Å². The molecule has 4 aromatic rings. The second kappa shape index (κ2) is 7.44. The fraction of sp³-hybridized carbons (Fsp3) is 0.136. The van der Waals surface area contributed by atoms with Crippen molar-refractivity contribution in [2.75, 3.05) is 0 Å². The first-order valence-electron chi connectivity index (χ1n) is 8.94. The Morgan fingerprint density at radius 1 is 1.14 bits per heavy atom. The Labute approximate surface area is 168 Å². The van der Waals surface area contributed by atoms with E-state index in [0.29, 0.717) is 22.8 Å². The van der Waals surface area contributed by atoms with Crippen LogP contribution in [0.4, 0.5) is 0 Å². The van der Waals surface area contributed by atoms with Crippen LogP contribution in [0.2, 0.25) is 5.02 Å². The van der Waals surface area contributed by atoms with E-state index in [0.717, 1.165) is 22.2 Å². The minimum absolute atomic E-state index is 0.172. The Morgan fingerprint density at radius 2 is 1.93 bits per heavy atom. The number of benzene rings is 2. The predicted molar refractivity (Wildman–Crippen MR) is 111 cm³/mol. The summed E-state index contributed by atoms with van der Waals surface area (Å²) in [5, 5.41) is 8.61. The Kier molecular flexibility index (Phi) is 4.84. The van der Waals surface area contributed by atoms with Crippen molar-refractivity contribution in [3.8, 4) is 11.3 Å². The van der Waals surface area contributed by atoms with E-state index < -0.39 is 0 Å². The lowest BCUT2D eigenvalue weighted by atomic mass is 10.0. The van der Waals surface area contributed by atoms with Gasteiger partial charge in [0.2, 0.25) is 0 Å². The quantitative estimate of drug-likeness (QED) is 0.557. The maximum Gasteiger partial charge on any atom is 0.252 e. The van der Waals surface area contributed by atoms with Crippen LogP contribution in [0.5, 0.6) is 0 Å². The van der Waals surface area contributed by atoms with Gasteiger partial charge in [-0.2, -0.15) is 5.10 Å². The van der Waals surface area contributed by atoms with Crippen LogP contribution in [0.3, 0.4) is 0 Å². The first kappa shape index (κ1) is 18.2. The van der Waals surface area contributed by atoms with Gasteiger partial charge in [-0.05, 0) is 30.7 Å². The van der Waals surface area contributed by atoms with Gasteiger partial charge in [-0.15, -0.1) is 0 Å². The number of rotatable bonds is 4. The van der Waals surface area contributed by atoms with Crippen molar-refractivity contribution in [3.05, 3.63) is 82.5 Å². The summed E-state index contributed by atoms with van der Waals surface area (Å²) < 4.78 is 1.68. The highest BCUT2D eigenvalue weighted by atomic mass is 35.5. The van der Waals surface area contributed by atoms with Crippen molar-refractivity contribution in [3.63, 3.8) is 0 Å². The molecule has 6 heteroatoms. The van der Waals surface area contributed by atoms with Crippen LogP contribution in [0.1, 0.15) is 21.5 Å². The number of carbonyl (C=O) groups is 1. The van der Waals surface area contributed by atoms with Gasteiger partial charge in [-0.3, -0.25) is 9.48 Å². The molecule has 0 fully saturated rings. The number of halogens is 1. The molecule has 0 aliphatic rings. The molecular formula is C22H19ClN4O. The number of pyridine rings is 1. The third kappa shape index (κ3) is 3.62. The lowest BCUT2D eigenvalue weighted by molar-refractivity contribution is 0.0952. The number of nitrogens with zero attached hydrogens (tertiary/aromatic N) is 3. The van der Waals surface area contributed by atoms with Crippen molar-refractivity contribution in [1.82, 2.24) is 20.1 Å². The maximum atomic E-state index is 13.0. The molecule has 2 aromatic carbocycles. The zero-order chi connectivity index (χ0) is 19.7. The number of aromatic nitrogens is 3. The van der Waals surface area contributed by atoms with E-state index in [4.69, 9.17) is 16.6 Å². The smallest absolute Gasteiger partial charge is 0.252 e. The molecule has 0 atom stereocenters. The summed E-state index contributed by atoms with van der Waals surface area (Å²) in [6, 6.07) is 17.3. The fourth-order valence-electron chi connectivity index (χ4n) is 3.10. The minimum Gasteiger partial charge on any atom is -0.348 e. The molecule has 0 radical (unpaired) electrons. The number of amides is 1. The van der Waals surface area contributed by atoms with E-state index >= 15 is 0 Å². The Hall–Kier alpha value is -3.18. The lowest BCUT2D eigenvalue weighted by Crippen LogP contribution is -2.23. The summed E-state index contributed by atoms with van der Waals surface area (Å²) in [6.45, 7) is 2.43. The highest BCUT2D eigenvalue weighted by Gasteiger charge is 2.16. The monoisotopic (exact) mass is 390 g/mol. The molecule has 0 spiro atoms. The number of carbonyl (C=O) groups excluding carboxylic acids is 1. The standard InChI is InChI=1S/C22H19ClN4O/c1-14-6-8-16(9-7-14)20-11-18(19-13-25-27(2)21(19)26-20)22(28)24-12-15-4-3-5-17(23)10-15/h3-11,13H,12H2,1-2H3,(H,24,28). The van der Waals surface area contributed by atoms with Gasteiger partial charge >= 0.3 is 0 Å². The summed E-state index contributed by atoms with van der Waals surface area (Å²) in [5.41, 5.74) is 5.03. The molecule has 0 saturated heterocycles. The number of nitrogens with one attached hydrogen (secondary N) is 1. The van der Waals surface area contributed by atoms with Crippen LogP contribution >= 0.6 is 11.6 Å². The number of hydrogen-bond donors (Lipinski definition) is 1. The second-order valence-corrected chi connectivity index (χ2v) is 7.18. The van der Waals surface area contributed by atoms with Crippen LogP contribution in [0.25, 0.3) is 22.3 Å². The van der Waals surface area contributed by atoms with E-state index in [1.54, 1.807) is 10.9 Å². The molecule has 1 amide bonds. The van der Waals surface area contributed by atoms with Gasteiger partial charge in [-0.1, -0.05) is 53.6 Å². The van der Waals surface area contributed by atoms with Gasteiger partial charge in [-0.25, -0.2) is 4.98 Å².